The van der Waals surface area contributed by atoms with E-state index in [1.807, 2.05) is 0 Å². The minimum atomic E-state index is -0.196. The first-order chi connectivity index (χ1) is 7.87. The van der Waals surface area contributed by atoms with E-state index in [0.717, 1.165) is 6.42 Å². The maximum Gasteiger partial charge on any atom is 0.235 e. The fraction of sp³-hybridized carbons (Fsp3) is 0.727. The van der Waals surface area contributed by atoms with Gasteiger partial charge in [0.15, 0.2) is 5.17 Å². The number of amidine groups is 1. The molecule has 1 saturated heterocycles. The van der Waals surface area contributed by atoms with Crippen molar-refractivity contribution in [1.29, 1.82) is 0 Å². The number of thioether (sulfide) groups is 1. The summed E-state index contributed by atoms with van der Waals surface area (Å²) in [5.74, 6) is -0.123. The standard InChI is InChI=1S/C11H17N3O2S/c1-6(15)13-10-14-7-4-11(2,3)5-12-9(16)8(7)17-10/h7-8H,4-5H2,1-3H3,(H,12,16)(H,13,14,15)/t7-,8+/m1/s1. The lowest BCUT2D eigenvalue weighted by atomic mass is 9.86. The first kappa shape index (κ1) is 12.4. The second-order valence-electron chi connectivity index (χ2n) is 5.31. The van der Waals surface area contributed by atoms with E-state index in [4.69, 9.17) is 0 Å². The molecule has 6 heteroatoms. The number of nitrogens with one attached hydrogen (secondary N) is 2. The molecule has 0 aromatic heterocycles. The highest BCUT2D eigenvalue weighted by Crippen LogP contribution is 2.36. The van der Waals surface area contributed by atoms with Gasteiger partial charge in [-0.3, -0.25) is 14.6 Å². The number of amides is 2. The second kappa shape index (κ2) is 4.33. The lowest BCUT2D eigenvalue weighted by Gasteiger charge is -2.23. The summed E-state index contributed by atoms with van der Waals surface area (Å²) in [7, 11) is 0. The number of carbonyl (C=O) groups excluding carboxylic acids is 2. The molecule has 2 aliphatic rings. The quantitative estimate of drug-likeness (QED) is 0.662. The van der Waals surface area contributed by atoms with Crippen molar-refractivity contribution in [2.45, 2.75) is 38.5 Å². The second-order valence-corrected chi connectivity index (χ2v) is 6.44. The normalized spacial score (nSPS) is 31.0. The van der Waals surface area contributed by atoms with Gasteiger partial charge in [-0.05, 0) is 11.8 Å². The molecule has 2 rings (SSSR count). The Morgan fingerprint density at radius 1 is 1.59 bits per heavy atom. The average molecular weight is 255 g/mol. The van der Waals surface area contributed by atoms with E-state index in [1.54, 1.807) is 0 Å². The van der Waals surface area contributed by atoms with Crippen molar-refractivity contribution in [1.82, 2.24) is 10.6 Å². The molecule has 0 saturated carbocycles. The Labute approximate surface area is 105 Å². The third-order valence-corrected chi connectivity index (χ3v) is 4.13. The van der Waals surface area contributed by atoms with Crippen LogP contribution in [-0.2, 0) is 9.59 Å². The fourth-order valence-electron chi connectivity index (χ4n) is 2.11. The zero-order valence-corrected chi connectivity index (χ0v) is 11.1. The van der Waals surface area contributed by atoms with Crippen molar-refractivity contribution < 1.29 is 9.59 Å². The third kappa shape index (κ3) is 2.80. The Balaban J connectivity index is 2.16. The van der Waals surface area contributed by atoms with Gasteiger partial charge in [-0.1, -0.05) is 25.6 Å². The molecule has 0 aliphatic carbocycles. The van der Waals surface area contributed by atoms with Gasteiger partial charge in [0.05, 0.1) is 6.04 Å². The molecule has 0 aromatic rings. The smallest absolute Gasteiger partial charge is 0.235 e. The number of nitrogens with zero attached hydrogens (tertiary/aromatic N) is 1. The molecule has 94 valence electrons. The SMILES string of the molecule is CC(=O)NC1=N[C@@H]2CC(C)(C)CNC(=O)[C@H]2S1. The van der Waals surface area contributed by atoms with Crippen LogP contribution in [0, 0.1) is 5.41 Å². The summed E-state index contributed by atoms with van der Waals surface area (Å²) in [5.41, 5.74) is 0.0464. The summed E-state index contributed by atoms with van der Waals surface area (Å²) in [4.78, 5) is 27.3. The molecule has 0 spiro atoms. The van der Waals surface area contributed by atoms with Gasteiger partial charge in [0, 0.05) is 13.5 Å². The third-order valence-electron chi connectivity index (χ3n) is 2.92. The van der Waals surface area contributed by atoms with Crippen LogP contribution in [0.5, 0.6) is 0 Å². The number of hydrogen-bond acceptors (Lipinski definition) is 4. The molecular formula is C11H17N3O2S. The number of aliphatic imine (C=N–C) groups is 1. The summed E-state index contributed by atoms with van der Waals surface area (Å²) in [6.07, 6.45) is 0.854. The predicted octanol–water partition coefficient (Wildman–Crippen LogP) is 0.509. The molecule has 0 unspecified atom stereocenters. The Bertz CT molecular complexity index is 392. The van der Waals surface area contributed by atoms with Crippen LogP contribution in [0.2, 0.25) is 0 Å². The Kier molecular flexibility index (Phi) is 3.16. The van der Waals surface area contributed by atoms with Crippen molar-refractivity contribution in [3.05, 3.63) is 0 Å². The van der Waals surface area contributed by atoms with E-state index < -0.39 is 0 Å². The predicted molar refractivity (Wildman–Crippen MR) is 67.8 cm³/mol. The van der Waals surface area contributed by atoms with Crippen LogP contribution >= 0.6 is 11.8 Å². The summed E-state index contributed by atoms with van der Waals surface area (Å²) < 4.78 is 0. The molecule has 2 heterocycles. The van der Waals surface area contributed by atoms with Gasteiger partial charge in [-0.2, -0.15) is 0 Å². The van der Waals surface area contributed by atoms with E-state index in [0.29, 0.717) is 11.7 Å². The summed E-state index contributed by atoms with van der Waals surface area (Å²) >= 11 is 1.35. The summed E-state index contributed by atoms with van der Waals surface area (Å²) in [5, 5.41) is 5.97. The first-order valence-corrected chi connectivity index (χ1v) is 6.55. The molecule has 0 aromatic carbocycles. The Morgan fingerprint density at radius 3 is 2.94 bits per heavy atom. The van der Waals surface area contributed by atoms with Crippen LogP contribution in [0.25, 0.3) is 0 Å². The molecule has 0 radical (unpaired) electrons. The van der Waals surface area contributed by atoms with Gasteiger partial charge in [0.25, 0.3) is 0 Å². The monoisotopic (exact) mass is 255 g/mol. The van der Waals surface area contributed by atoms with Crippen LogP contribution in [0.1, 0.15) is 27.2 Å². The molecule has 17 heavy (non-hydrogen) atoms. The van der Waals surface area contributed by atoms with Crippen LogP contribution < -0.4 is 10.6 Å². The number of rotatable bonds is 0. The molecule has 2 N–H and O–H groups in total. The largest absolute Gasteiger partial charge is 0.355 e. The van der Waals surface area contributed by atoms with Gasteiger partial charge in [-0.15, -0.1) is 0 Å². The molecule has 2 aliphatic heterocycles. The molecule has 1 fully saturated rings. The lowest BCUT2D eigenvalue weighted by molar-refractivity contribution is -0.120. The maximum absolute atomic E-state index is 11.9. The highest BCUT2D eigenvalue weighted by molar-refractivity contribution is 8.15. The number of hydrogen-bond donors (Lipinski definition) is 2. The first-order valence-electron chi connectivity index (χ1n) is 5.67. The van der Waals surface area contributed by atoms with E-state index in [-0.39, 0.29) is 28.5 Å². The average Bonchev–Trinajstić information content (AvgIpc) is 2.51. The van der Waals surface area contributed by atoms with Gasteiger partial charge in [-0.25, -0.2) is 0 Å². The van der Waals surface area contributed by atoms with Crippen molar-refractivity contribution in [3.63, 3.8) is 0 Å². The van der Waals surface area contributed by atoms with Crippen LogP contribution in [0.15, 0.2) is 4.99 Å². The van der Waals surface area contributed by atoms with Gasteiger partial charge in [0.2, 0.25) is 11.8 Å². The number of carbonyl (C=O) groups is 2. The molecule has 5 nitrogen and oxygen atoms in total. The van der Waals surface area contributed by atoms with Crippen molar-refractivity contribution in [3.8, 4) is 0 Å². The van der Waals surface area contributed by atoms with E-state index in [2.05, 4.69) is 29.5 Å². The minimum absolute atomic E-state index is 0.0228. The number of fused-ring (bicyclic) bond motifs is 1. The fourth-order valence-corrected chi connectivity index (χ4v) is 3.25. The van der Waals surface area contributed by atoms with Crippen LogP contribution in [-0.4, -0.2) is 34.8 Å². The van der Waals surface area contributed by atoms with Crippen molar-refractivity contribution in [2.75, 3.05) is 6.54 Å². The maximum atomic E-state index is 11.9. The van der Waals surface area contributed by atoms with Gasteiger partial charge < -0.3 is 10.6 Å². The molecule has 0 bridgehead atoms. The lowest BCUT2D eigenvalue weighted by Crippen LogP contribution is -2.36. The zero-order chi connectivity index (χ0) is 12.6. The van der Waals surface area contributed by atoms with E-state index in [1.165, 1.54) is 18.7 Å². The molecule has 2 amide bonds. The topological polar surface area (TPSA) is 70.6 Å². The van der Waals surface area contributed by atoms with Crippen molar-refractivity contribution in [2.24, 2.45) is 10.4 Å². The van der Waals surface area contributed by atoms with E-state index in [9.17, 15) is 9.59 Å². The minimum Gasteiger partial charge on any atom is -0.355 e. The molecule has 2 atom stereocenters. The van der Waals surface area contributed by atoms with Gasteiger partial charge in [0.1, 0.15) is 5.25 Å². The Hall–Kier alpha value is -1.04. The highest BCUT2D eigenvalue weighted by atomic mass is 32.2. The van der Waals surface area contributed by atoms with Crippen molar-refractivity contribution >= 4 is 28.7 Å². The summed E-state index contributed by atoms with van der Waals surface area (Å²) in [6.45, 7) is 6.37. The summed E-state index contributed by atoms with van der Waals surface area (Å²) in [6, 6.07) is -0.0284. The van der Waals surface area contributed by atoms with Crippen LogP contribution in [0.4, 0.5) is 0 Å². The van der Waals surface area contributed by atoms with Gasteiger partial charge >= 0.3 is 0 Å². The molecular weight excluding hydrogens is 238 g/mol. The zero-order valence-electron chi connectivity index (χ0n) is 10.2. The van der Waals surface area contributed by atoms with Crippen LogP contribution in [0.3, 0.4) is 0 Å². The van der Waals surface area contributed by atoms with E-state index >= 15 is 0 Å². The highest BCUT2D eigenvalue weighted by Gasteiger charge is 2.42. The Morgan fingerprint density at radius 2 is 2.29 bits per heavy atom.